The Morgan fingerprint density at radius 2 is 1.86 bits per heavy atom. The van der Waals surface area contributed by atoms with Crippen LogP contribution in [0.1, 0.15) is 22.3 Å². The Balaban J connectivity index is 3.59. The Hall–Kier alpha value is -1.89. The van der Waals surface area contributed by atoms with Crippen LogP contribution in [-0.2, 0) is 0 Å². The lowest BCUT2D eigenvalue weighted by Crippen LogP contribution is -1.98. The summed E-state index contributed by atoms with van der Waals surface area (Å²) in [5.74, 6) is 0. The lowest BCUT2D eigenvalue weighted by atomic mass is 9.98. The lowest BCUT2D eigenvalue weighted by Gasteiger charge is -2.06. The Bertz CT molecular complexity index is 444. The van der Waals surface area contributed by atoms with Gasteiger partial charge in [-0.05, 0) is 31.9 Å². The topological polar surface area (TPSA) is 66.9 Å². The lowest BCUT2D eigenvalue weighted by molar-refractivity contribution is -0.385. The number of nitriles is 1. The molecule has 0 saturated heterocycles. The molecular weight excluding hydrogens is 180 g/mol. The monoisotopic (exact) mass is 190 g/mol. The molecule has 4 heteroatoms. The van der Waals surface area contributed by atoms with Crippen molar-refractivity contribution in [2.75, 3.05) is 0 Å². The number of hydrogen-bond donors (Lipinski definition) is 0. The molecule has 72 valence electrons. The van der Waals surface area contributed by atoms with Crippen LogP contribution in [0.15, 0.2) is 6.07 Å². The smallest absolute Gasteiger partial charge is 0.258 e. The van der Waals surface area contributed by atoms with Crippen LogP contribution < -0.4 is 0 Å². The normalized spacial score (nSPS) is 9.57. The molecule has 1 aromatic rings. The van der Waals surface area contributed by atoms with Gasteiger partial charge in [-0.3, -0.25) is 10.1 Å². The number of nitro benzene ring substituents is 1. The molecule has 14 heavy (non-hydrogen) atoms. The molecule has 1 rings (SSSR count). The second kappa shape index (κ2) is 3.46. The van der Waals surface area contributed by atoms with Gasteiger partial charge in [-0.1, -0.05) is 0 Å². The molecule has 0 aliphatic heterocycles. The highest BCUT2D eigenvalue weighted by Crippen LogP contribution is 2.26. The van der Waals surface area contributed by atoms with E-state index in [1.165, 1.54) is 6.07 Å². The van der Waals surface area contributed by atoms with Crippen LogP contribution in [0, 0.1) is 42.2 Å². The van der Waals surface area contributed by atoms with Gasteiger partial charge in [0.1, 0.15) is 0 Å². The number of hydrogen-bond acceptors (Lipinski definition) is 3. The third-order valence-electron chi connectivity index (χ3n) is 2.51. The molecule has 0 aromatic heterocycles. The van der Waals surface area contributed by atoms with Gasteiger partial charge in [-0.2, -0.15) is 5.26 Å². The molecular formula is C10H10N2O2. The van der Waals surface area contributed by atoms with Gasteiger partial charge in [0.25, 0.3) is 5.69 Å². The van der Waals surface area contributed by atoms with Gasteiger partial charge in [0.05, 0.1) is 16.6 Å². The summed E-state index contributed by atoms with van der Waals surface area (Å²) < 4.78 is 0. The maximum Gasteiger partial charge on any atom is 0.273 e. The minimum Gasteiger partial charge on any atom is -0.258 e. The van der Waals surface area contributed by atoms with Crippen LogP contribution >= 0.6 is 0 Å². The average Bonchev–Trinajstić information content (AvgIpc) is 2.14. The van der Waals surface area contributed by atoms with Crippen molar-refractivity contribution in [3.63, 3.8) is 0 Å². The minimum atomic E-state index is -0.456. The largest absolute Gasteiger partial charge is 0.273 e. The van der Waals surface area contributed by atoms with Crippen molar-refractivity contribution < 1.29 is 4.92 Å². The summed E-state index contributed by atoms with van der Waals surface area (Å²) in [4.78, 5) is 10.2. The molecule has 0 N–H and O–H groups in total. The second-order valence-electron chi connectivity index (χ2n) is 3.19. The van der Waals surface area contributed by atoms with Crippen LogP contribution in [0.3, 0.4) is 0 Å². The molecule has 0 amide bonds. The molecule has 0 spiro atoms. The van der Waals surface area contributed by atoms with E-state index >= 15 is 0 Å². The molecule has 0 aliphatic rings. The molecule has 0 radical (unpaired) electrons. The highest BCUT2D eigenvalue weighted by Gasteiger charge is 2.16. The van der Waals surface area contributed by atoms with E-state index in [0.717, 1.165) is 11.1 Å². The van der Waals surface area contributed by atoms with Crippen molar-refractivity contribution >= 4 is 5.69 Å². The molecule has 0 atom stereocenters. The summed E-state index contributed by atoms with van der Waals surface area (Å²) in [6, 6.07) is 3.29. The summed E-state index contributed by atoms with van der Waals surface area (Å²) in [7, 11) is 0. The summed E-state index contributed by atoms with van der Waals surface area (Å²) in [5.41, 5.74) is 2.65. The first kappa shape index (κ1) is 10.2. The third-order valence-corrected chi connectivity index (χ3v) is 2.51. The molecule has 0 fully saturated rings. The Morgan fingerprint density at radius 1 is 1.29 bits per heavy atom. The van der Waals surface area contributed by atoms with Gasteiger partial charge in [0, 0.05) is 11.6 Å². The van der Waals surface area contributed by atoms with E-state index < -0.39 is 4.92 Å². The quantitative estimate of drug-likeness (QED) is 0.504. The van der Waals surface area contributed by atoms with Crippen molar-refractivity contribution in [3.05, 3.63) is 38.4 Å². The van der Waals surface area contributed by atoms with Crippen molar-refractivity contribution in [3.8, 4) is 6.07 Å². The Kier molecular flexibility index (Phi) is 2.52. The highest BCUT2D eigenvalue weighted by molar-refractivity contribution is 5.55. The van der Waals surface area contributed by atoms with E-state index in [2.05, 4.69) is 0 Å². The molecule has 0 saturated carbocycles. The maximum absolute atomic E-state index is 10.6. The van der Waals surface area contributed by atoms with Gasteiger partial charge in [-0.15, -0.1) is 0 Å². The van der Waals surface area contributed by atoms with Crippen molar-refractivity contribution in [1.29, 1.82) is 5.26 Å². The van der Waals surface area contributed by atoms with Crippen molar-refractivity contribution in [2.24, 2.45) is 0 Å². The predicted octanol–water partition coefficient (Wildman–Crippen LogP) is 2.39. The van der Waals surface area contributed by atoms with Crippen LogP contribution in [0.25, 0.3) is 0 Å². The predicted molar refractivity (Wildman–Crippen MR) is 52.0 cm³/mol. The van der Waals surface area contributed by atoms with E-state index in [0.29, 0.717) is 11.1 Å². The average molecular weight is 190 g/mol. The van der Waals surface area contributed by atoms with E-state index in [-0.39, 0.29) is 5.69 Å². The first-order chi connectivity index (χ1) is 6.49. The van der Waals surface area contributed by atoms with E-state index in [1.807, 2.05) is 6.07 Å². The van der Waals surface area contributed by atoms with E-state index in [4.69, 9.17) is 5.26 Å². The standard InChI is InChI=1S/C10H10N2O2/c1-6-7(2)9(5-11)4-10(8(6)3)12(13)14/h4H,1-3H3. The highest BCUT2D eigenvalue weighted by atomic mass is 16.6. The Morgan fingerprint density at radius 3 is 2.29 bits per heavy atom. The van der Waals surface area contributed by atoms with Gasteiger partial charge in [0.2, 0.25) is 0 Å². The fraction of sp³-hybridized carbons (Fsp3) is 0.300. The van der Waals surface area contributed by atoms with Crippen LogP contribution in [0.2, 0.25) is 0 Å². The molecule has 0 heterocycles. The van der Waals surface area contributed by atoms with E-state index in [9.17, 15) is 10.1 Å². The SMILES string of the molecule is Cc1c(C#N)cc([N+](=O)[O-])c(C)c1C. The zero-order chi connectivity index (χ0) is 10.9. The second-order valence-corrected chi connectivity index (χ2v) is 3.19. The molecule has 0 unspecified atom stereocenters. The van der Waals surface area contributed by atoms with Gasteiger partial charge < -0.3 is 0 Å². The van der Waals surface area contributed by atoms with Crippen LogP contribution in [0.4, 0.5) is 5.69 Å². The molecule has 1 aromatic carbocycles. The summed E-state index contributed by atoms with van der Waals surface area (Å²) >= 11 is 0. The zero-order valence-electron chi connectivity index (χ0n) is 8.29. The van der Waals surface area contributed by atoms with Crippen molar-refractivity contribution in [2.45, 2.75) is 20.8 Å². The number of rotatable bonds is 1. The third kappa shape index (κ3) is 1.44. The van der Waals surface area contributed by atoms with Gasteiger partial charge in [-0.25, -0.2) is 0 Å². The number of nitro groups is 1. The first-order valence-corrected chi connectivity index (χ1v) is 4.14. The molecule has 4 nitrogen and oxygen atoms in total. The minimum absolute atomic E-state index is 0.0182. The fourth-order valence-electron chi connectivity index (χ4n) is 1.33. The molecule has 0 aliphatic carbocycles. The van der Waals surface area contributed by atoms with Gasteiger partial charge in [0.15, 0.2) is 0 Å². The van der Waals surface area contributed by atoms with Crippen molar-refractivity contribution in [1.82, 2.24) is 0 Å². The number of benzene rings is 1. The summed E-state index contributed by atoms with van der Waals surface area (Å²) in [6.45, 7) is 5.28. The summed E-state index contributed by atoms with van der Waals surface area (Å²) in [5, 5.41) is 19.4. The van der Waals surface area contributed by atoms with E-state index in [1.54, 1.807) is 20.8 Å². The van der Waals surface area contributed by atoms with Crippen LogP contribution in [0.5, 0.6) is 0 Å². The first-order valence-electron chi connectivity index (χ1n) is 4.14. The van der Waals surface area contributed by atoms with Crippen LogP contribution in [-0.4, -0.2) is 4.92 Å². The van der Waals surface area contributed by atoms with Gasteiger partial charge >= 0.3 is 0 Å². The number of nitrogens with zero attached hydrogens (tertiary/aromatic N) is 2. The zero-order valence-corrected chi connectivity index (χ0v) is 8.29. The summed E-state index contributed by atoms with van der Waals surface area (Å²) in [6.07, 6.45) is 0. The Labute approximate surface area is 81.9 Å². The molecule has 0 bridgehead atoms. The maximum atomic E-state index is 10.6. The fourth-order valence-corrected chi connectivity index (χ4v) is 1.33.